The first-order chi connectivity index (χ1) is 14.2. The Hall–Kier alpha value is -2.43. The molecule has 0 bridgehead atoms. The SMILES string of the molecule is CCOC(=O)c1ccc(S(=O)(=O)Nc2cccc(S(=O)(=O)N3CCCCC3)c2)cc1. The molecule has 1 N–H and O–H groups in total. The van der Waals surface area contributed by atoms with Crippen molar-refractivity contribution in [1.82, 2.24) is 4.31 Å². The number of nitrogens with zero attached hydrogens (tertiary/aromatic N) is 1. The molecule has 0 aliphatic carbocycles. The number of esters is 1. The van der Waals surface area contributed by atoms with Gasteiger partial charge in [-0.3, -0.25) is 4.72 Å². The van der Waals surface area contributed by atoms with Crippen LogP contribution in [0.5, 0.6) is 0 Å². The Kier molecular flexibility index (Phi) is 6.79. The molecule has 1 fully saturated rings. The standard InChI is InChI=1S/C20H24N2O6S2/c1-2-28-20(23)16-9-11-18(12-10-16)29(24,25)21-17-7-6-8-19(15-17)30(26,27)22-13-4-3-5-14-22/h6-12,15,21H,2-5,13-14H2,1H3. The zero-order valence-corrected chi connectivity index (χ0v) is 18.2. The quantitative estimate of drug-likeness (QED) is 0.647. The number of piperidine rings is 1. The summed E-state index contributed by atoms with van der Waals surface area (Å²) in [5.41, 5.74) is 0.382. The molecule has 162 valence electrons. The number of sulfonamides is 2. The number of hydrogen-bond acceptors (Lipinski definition) is 6. The first-order valence-corrected chi connectivity index (χ1v) is 12.6. The summed E-state index contributed by atoms with van der Waals surface area (Å²) in [5.74, 6) is -0.537. The van der Waals surface area contributed by atoms with Crippen LogP contribution >= 0.6 is 0 Å². The van der Waals surface area contributed by atoms with Gasteiger partial charge in [0.2, 0.25) is 10.0 Å². The fraction of sp³-hybridized carbons (Fsp3) is 0.350. The van der Waals surface area contributed by atoms with Crippen LogP contribution in [0.2, 0.25) is 0 Å². The molecule has 0 saturated carbocycles. The van der Waals surface area contributed by atoms with Gasteiger partial charge in [-0.2, -0.15) is 4.31 Å². The molecule has 1 heterocycles. The lowest BCUT2D eigenvalue weighted by molar-refractivity contribution is 0.0526. The number of anilines is 1. The van der Waals surface area contributed by atoms with Crippen LogP contribution in [0.15, 0.2) is 58.3 Å². The summed E-state index contributed by atoms with van der Waals surface area (Å²) < 4.78 is 59.7. The highest BCUT2D eigenvalue weighted by molar-refractivity contribution is 7.92. The fourth-order valence-electron chi connectivity index (χ4n) is 3.17. The molecule has 0 atom stereocenters. The molecule has 1 aliphatic heterocycles. The number of carbonyl (C=O) groups is 1. The highest BCUT2D eigenvalue weighted by Gasteiger charge is 2.26. The van der Waals surface area contributed by atoms with Crippen molar-refractivity contribution in [2.24, 2.45) is 0 Å². The second kappa shape index (κ2) is 9.15. The van der Waals surface area contributed by atoms with Gasteiger partial charge >= 0.3 is 5.97 Å². The fourth-order valence-corrected chi connectivity index (χ4v) is 5.79. The minimum Gasteiger partial charge on any atom is -0.462 e. The van der Waals surface area contributed by atoms with Crippen LogP contribution in [0.3, 0.4) is 0 Å². The van der Waals surface area contributed by atoms with Crippen LogP contribution in [0.1, 0.15) is 36.5 Å². The summed E-state index contributed by atoms with van der Waals surface area (Å²) in [4.78, 5) is 11.7. The first kappa shape index (κ1) is 22.3. The molecule has 3 rings (SSSR count). The van der Waals surface area contributed by atoms with Crippen molar-refractivity contribution in [2.45, 2.75) is 36.0 Å². The molecule has 0 aromatic heterocycles. The number of ether oxygens (including phenoxy) is 1. The average molecular weight is 453 g/mol. The van der Waals surface area contributed by atoms with E-state index in [-0.39, 0.29) is 27.6 Å². The summed E-state index contributed by atoms with van der Waals surface area (Å²) >= 11 is 0. The smallest absolute Gasteiger partial charge is 0.338 e. The van der Waals surface area contributed by atoms with Crippen molar-refractivity contribution >= 4 is 31.7 Å². The Balaban J connectivity index is 1.80. The van der Waals surface area contributed by atoms with E-state index in [1.165, 1.54) is 52.8 Å². The largest absolute Gasteiger partial charge is 0.462 e. The second-order valence-electron chi connectivity index (χ2n) is 6.84. The van der Waals surface area contributed by atoms with E-state index in [0.29, 0.717) is 13.1 Å². The zero-order valence-electron chi connectivity index (χ0n) is 16.6. The van der Waals surface area contributed by atoms with Crippen molar-refractivity contribution in [2.75, 3.05) is 24.4 Å². The summed E-state index contributed by atoms with van der Waals surface area (Å²) in [5, 5.41) is 0. The number of carbonyl (C=O) groups excluding carboxylic acids is 1. The predicted molar refractivity (Wildman–Crippen MR) is 112 cm³/mol. The first-order valence-electron chi connectivity index (χ1n) is 9.64. The van der Waals surface area contributed by atoms with Gasteiger partial charge < -0.3 is 4.74 Å². The topological polar surface area (TPSA) is 110 Å². The van der Waals surface area contributed by atoms with Crippen molar-refractivity contribution in [3.8, 4) is 0 Å². The van der Waals surface area contributed by atoms with Crippen LogP contribution in [0.25, 0.3) is 0 Å². The molecule has 0 amide bonds. The van der Waals surface area contributed by atoms with E-state index in [2.05, 4.69) is 4.72 Å². The van der Waals surface area contributed by atoms with Crippen LogP contribution in [0.4, 0.5) is 5.69 Å². The maximum Gasteiger partial charge on any atom is 0.338 e. The highest BCUT2D eigenvalue weighted by Crippen LogP contribution is 2.24. The number of benzene rings is 2. The van der Waals surface area contributed by atoms with Crippen LogP contribution < -0.4 is 4.72 Å². The van der Waals surface area contributed by atoms with Gasteiger partial charge in [-0.05, 0) is 62.2 Å². The molecule has 8 nitrogen and oxygen atoms in total. The maximum absolute atomic E-state index is 12.8. The molecule has 0 unspecified atom stereocenters. The minimum atomic E-state index is -3.97. The van der Waals surface area contributed by atoms with Crippen molar-refractivity contribution in [1.29, 1.82) is 0 Å². The van der Waals surface area contributed by atoms with Gasteiger partial charge in [-0.15, -0.1) is 0 Å². The molecular formula is C20H24N2O6S2. The summed E-state index contributed by atoms with van der Waals surface area (Å²) in [6.45, 7) is 2.83. The molecule has 0 spiro atoms. The predicted octanol–water partition coefficient (Wildman–Crippen LogP) is 2.84. The monoisotopic (exact) mass is 452 g/mol. The van der Waals surface area contributed by atoms with E-state index in [4.69, 9.17) is 4.74 Å². The number of hydrogen-bond donors (Lipinski definition) is 1. The van der Waals surface area contributed by atoms with E-state index < -0.39 is 26.0 Å². The Morgan fingerprint density at radius 2 is 1.63 bits per heavy atom. The maximum atomic E-state index is 12.8. The summed E-state index contributed by atoms with van der Waals surface area (Å²) in [6.07, 6.45) is 2.63. The number of rotatable bonds is 7. The molecule has 2 aromatic carbocycles. The molecule has 10 heteroatoms. The Labute approximate surface area is 177 Å². The summed E-state index contributed by atoms with van der Waals surface area (Å²) in [6, 6.07) is 11.1. The lowest BCUT2D eigenvalue weighted by atomic mass is 10.2. The Morgan fingerprint density at radius 3 is 2.27 bits per heavy atom. The normalized spacial score (nSPS) is 15.5. The van der Waals surface area contributed by atoms with Crippen LogP contribution in [0, 0.1) is 0 Å². The Morgan fingerprint density at radius 1 is 0.967 bits per heavy atom. The summed E-state index contributed by atoms with van der Waals surface area (Å²) in [7, 11) is -7.64. The second-order valence-corrected chi connectivity index (χ2v) is 10.5. The minimum absolute atomic E-state index is 0.0438. The van der Waals surface area contributed by atoms with E-state index in [9.17, 15) is 21.6 Å². The lowest BCUT2D eigenvalue weighted by Crippen LogP contribution is -2.35. The zero-order chi connectivity index (χ0) is 21.8. The third-order valence-corrected chi connectivity index (χ3v) is 8.01. The van der Waals surface area contributed by atoms with Crippen molar-refractivity contribution < 1.29 is 26.4 Å². The van der Waals surface area contributed by atoms with Crippen LogP contribution in [-0.4, -0.2) is 46.8 Å². The van der Waals surface area contributed by atoms with E-state index in [1.807, 2.05) is 0 Å². The van der Waals surface area contributed by atoms with Gasteiger partial charge in [0.15, 0.2) is 0 Å². The lowest BCUT2D eigenvalue weighted by Gasteiger charge is -2.26. The molecule has 2 aromatic rings. The average Bonchev–Trinajstić information content (AvgIpc) is 2.74. The van der Waals surface area contributed by atoms with Gasteiger partial charge in [0.25, 0.3) is 10.0 Å². The van der Waals surface area contributed by atoms with Gasteiger partial charge in [-0.1, -0.05) is 12.5 Å². The molecule has 30 heavy (non-hydrogen) atoms. The molecule has 1 saturated heterocycles. The van der Waals surface area contributed by atoms with Gasteiger partial charge in [-0.25, -0.2) is 21.6 Å². The van der Waals surface area contributed by atoms with Gasteiger partial charge in [0, 0.05) is 13.1 Å². The molecular weight excluding hydrogens is 428 g/mol. The molecule has 0 radical (unpaired) electrons. The third kappa shape index (κ3) is 5.00. The Bertz CT molecular complexity index is 1110. The van der Waals surface area contributed by atoms with Crippen LogP contribution in [-0.2, 0) is 24.8 Å². The van der Waals surface area contributed by atoms with E-state index in [1.54, 1.807) is 6.92 Å². The molecule has 1 aliphatic rings. The number of nitrogens with one attached hydrogen (secondary N) is 1. The highest BCUT2D eigenvalue weighted by atomic mass is 32.2. The van der Waals surface area contributed by atoms with E-state index in [0.717, 1.165) is 19.3 Å². The van der Waals surface area contributed by atoms with Crippen molar-refractivity contribution in [3.63, 3.8) is 0 Å². The van der Waals surface area contributed by atoms with Crippen molar-refractivity contribution in [3.05, 3.63) is 54.1 Å². The van der Waals surface area contributed by atoms with Gasteiger partial charge in [0.1, 0.15) is 0 Å². The third-order valence-electron chi connectivity index (χ3n) is 4.71. The van der Waals surface area contributed by atoms with E-state index >= 15 is 0 Å². The van der Waals surface area contributed by atoms with Gasteiger partial charge in [0.05, 0.1) is 27.6 Å².